The molecule has 5 atom stereocenters. The van der Waals surface area contributed by atoms with Crippen LogP contribution in [0, 0.1) is 0 Å². The number of fused-ring (bicyclic) bond motifs is 5. The van der Waals surface area contributed by atoms with Crippen molar-refractivity contribution in [2.45, 2.75) is 30.7 Å². The topological polar surface area (TPSA) is 211 Å². The number of carbonyl (C=O) groups excluding carboxylic acids is 1. The summed E-state index contributed by atoms with van der Waals surface area (Å²) in [6, 6.07) is 5.27. The summed E-state index contributed by atoms with van der Waals surface area (Å²) in [5.74, 6) is -1.36. The van der Waals surface area contributed by atoms with Gasteiger partial charge in [0.1, 0.15) is 30.1 Å². The highest BCUT2D eigenvalue weighted by molar-refractivity contribution is 6.22. The summed E-state index contributed by atoms with van der Waals surface area (Å²) >= 11 is 0. The fourth-order valence-electron chi connectivity index (χ4n) is 4.56. The van der Waals surface area contributed by atoms with Crippen LogP contribution in [-0.4, -0.2) is 88.0 Å². The van der Waals surface area contributed by atoms with E-state index < -0.39 is 48.8 Å². The molecule has 0 spiro atoms. The molecule has 0 bridgehead atoms. The predicted octanol–water partition coefficient (Wildman–Crippen LogP) is -1.14. The van der Waals surface area contributed by atoms with Crippen LogP contribution in [0.5, 0.6) is 23.0 Å². The minimum Gasteiger partial charge on any atom is -0.545 e. The molecule has 2 aliphatic rings. The maximum Gasteiger partial charge on any atom is 0.231 e. The van der Waals surface area contributed by atoms with Crippen LogP contribution >= 0.6 is 0 Å². The molecule has 0 radical (unpaired) electrons. The second-order valence-corrected chi connectivity index (χ2v) is 8.42. The van der Waals surface area contributed by atoms with Crippen LogP contribution < -0.4 is 29.3 Å². The Bertz CT molecular complexity index is 1370. The molecule has 1 fully saturated rings. The van der Waals surface area contributed by atoms with E-state index in [9.17, 15) is 40.7 Å². The Hall–Kier alpha value is -3.63. The first kappa shape index (κ1) is 25.0. The number of carboxylic acid groups (broad SMARTS) is 1. The fraction of sp³-hybridized carbons (Fsp3) is 0.348. The number of aliphatic hydroxyl groups is 4. The van der Waals surface area contributed by atoms with Crippen LogP contribution in [0.1, 0.15) is 10.4 Å². The van der Waals surface area contributed by atoms with Gasteiger partial charge in [0.05, 0.1) is 19.7 Å². The summed E-state index contributed by atoms with van der Waals surface area (Å²) < 4.78 is 27.5. The lowest BCUT2D eigenvalue weighted by atomic mass is 9.94. The summed E-state index contributed by atoms with van der Waals surface area (Å²) in [7, 11) is 1.32. The van der Waals surface area contributed by atoms with Gasteiger partial charge in [-0.1, -0.05) is 0 Å². The normalized spacial score (nSPS) is 24.9. The van der Waals surface area contributed by atoms with Gasteiger partial charge < -0.3 is 54.0 Å². The van der Waals surface area contributed by atoms with Crippen LogP contribution in [0.25, 0.3) is 21.5 Å². The number of aromatic carboxylic acids is 1. The standard InChI is InChI=1S/C23H23NO13/c1-33-12-3-8-2-11(24(31)32)16-10(22(29)30)5-14-21(35-7-34-14)17(16)9(8)4-13(12)36-23-20(28)19(27)18(26)15(6-25)37-23/h2-5,15,18-20,23,25-28,31-32H,6-7H2,1H3,(H,29,30)/p-1. The minimum atomic E-state index is -1.71. The highest BCUT2D eigenvalue weighted by Crippen LogP contribution is 2.49. The molecule has 14 nitrogen and oxygen atoms in total. The van der Waals surface area contributed by atoms with E-state index in [4.69, 9.17) is 23.7 Å². The zero-order valence-electron chi connectivity index (χ0n) is 19.1. The Morgan fingerprint density at radius 3 is 2.46 bits per heavy atom. The number of hydrogen-bond donors (Lipinski definition) is 6. The second kappa shape index (κ2) is 9.35. The van der Waals surface area contributed by atoms with Crippen molar-refractivity contribution in [1.82, 2.24) is 0 Å². The van der Waals surface area contributed by atoms with Crippen LogP contribution in [0.15, 0.2) is 24.3 Å². The molecule has 0 saturated carbocycles. The van der Waals surface area contributed by atoms with Gasteiger partial charge in [0, 0.05) is 16.3 Å². The Kier molecular flexibility index (Phi) is 6.33. The predicted molar refractivity (Wildman–Crippen MR) is 119 cm³/mol. The third kappa shape index (κ3) is 4.00. The number of aliphatic hydroxyl groups excluding tert-OH is 4. The van der Waals surface area contributed by atoms with Crippen molar-refractivity contribution >= 4 is 33.2 Å². The molecule has 14 heteroatoms. The molecule has 2 aliphatic heterocycles. The summed E-state index contributed by atoms with van der Waals surface area (Å²) in [6.07, 6.45) is -7.76. The maximum absolute atomic E-state index is 12.0. The summed E-state index contributed by atoms with van der Waals surface area (Å²) in [4.78, 5) is 12.0. The van der Waals surface area contributed by atoms with Gasteiger partial charge in [-0.2, -0.15) is 0 Å². The number of rotatable bonds is 6. The quantitative estimate of drug-likeness (QED) is 0.168. The molecule has 0 aliphatic carbocycles. The van der Waals surface area contributed by atoms with Gasteiger partial charge in [-0.05, 0) is 35.0 Å². The lowest BCUT2D eigenvalue weighted by molar-refractivity contribution is -0.277. The third-order valence-electron chi connectivity index (χ3n) is 6.34. The number of ether oxygens (including phenoxy) is 5. The Labute approximate surface area is 207 Å². The van der Waals surface area contributed by atoms with E-state index in [1.165, 1.54) is 25.3 Å². The van der Waals surface area contributed by atoms with E-state index in [2.05, 4.69) is 0 Å². The van der Waals surface area contributed by atoms with Crippen LogP contribution in [0.2, 0.25) is 0 Å². The summed E-state index contributed by atoms with van der Waals surface area (Å²) in [5.41, 5.74) is -0.707. The van der Waals surface area contributed by atoms with Crippen molar-refractivity contribution in [2.24, 2.45) is 0 Å². The zero-order valence-corrected chi connectivity index (χ0v) is 19.1. The maximum atomic E-state index is 12.0. The van der Waals surface area contributed by atoms with Crippen molar-refractivity contribution in [3.63, 3.8) is 0 Å². The first-order valence-electron chi connectivity index (χ1n) is 10.9. The van der Waals surface area contributed by atoms with Gasteiger partial charge in [-0.3, -0.25) is 10.4 Å². The summed E-state index contributed by atoms with van der Waals surface area (Å²) in [5, 5.41) is 72.1. The molecule has 3 aromatic carbocycles. The van der Waals surface area contributed by atoms with Crippen molar-refractivity contribution < 1.29 is 64.4 Å². The van der Waals surface area contributed by atoms with Crippen LogP contribution in [0.3, 0.4) is 0 Å². The van der Waals surface area contributed by atoms with E-state index in [0.29, 0.717) is 10.8 Å². The zero-order chi connectivity index (χ0) is 26.6. The molecule has 5 rings (SSSR count). The third-order valence-corrected chi connectivity index (χ3v) is 6.34. The highest BCUT2D eigenvalue weighted by Gasteiger charge is 2.45. The molecule has 0 amide bonds. The monoisotopic (exact) mass is 520 g/mol. The van der Waals surface area contributed by atoms with Crippen molar-refractivity contribution in [3.05, 3.63) is 29.8 Å². The van der Waals surface area contributed by atoms with Gasteiger partial charge in [0.2, 0.25) is 13.1 Å². The van der Waals surface area contributed by atoms with Gasteiger partial charge in [-0.15, -0.1) is 5.23 Å². The molecule has 0 aromatic heterocycles. The first-order chi connectivity index (χ1) is 17.7. The summed E-state index contributed by atoms with van der Waals surface area (Å²) in [6.45, 7) is -0.889. The van der Waals surface area contributed by atoms with Crippen LogP contribution in [-0.2, 0) is 4.74 Å². The Morgan fingerprint density at radius 2 is 1.81 bits per heavy atom. The molecule has 2 heterocycles. The molecule has 5 unspecified atom stereocenters. The number of carboxylic acids is 1. The van der Waals surface area contributed by atoms with E-state index >= 15 is 0 Å². The van der Waals surface area contributed by atoms with Gasteiger partial charge >= 0.3 is 0 Å². The Balaban J connectivity index is 1.75. The SMILES string of the molecule is COc1cc2cc(N(O)O)c3c(C(=O)[O-])cc4c(c3c2cc1OC1OC(CO)C(O)C(O)C1O)OCO4. The van der Waals surface area contributed by atoms with Crippen LogP contribution in [0.4, 0.5) is 5.69 Å². The number of nitrogens with zero attached hydrogens (tertiary/aromatic N) is 1. The smallest absolute Gasteiger partial charge is 0.231 e. The number of hydrogen-bond acceptors (Lipinski definition) is 14. The molecule has 6 N–H and O–H groups in total. The van der Waals surface area contributed by atoms with Crippen molar-refractivity contribution in [1.29, 1.82) is 0 Å². The van der Waals surface area contributed by atoms with Crippen molar-refractivity contribution in [2.75, 3.05) is 25.7 Å². The lowest BCUT2D eigenvalue weighted by Crippen LogP contribution is -2.60. The van der Waals surface area contributed by atoms with E-state index in [-0.39, 0.29) is 51.5 Å². The average Bonchev–Trinajstić information content (AvgIpc) is 3.36. The van der Waals surface area contributed by atoms with Gasteiger partial charge in [0.15, 0.2) is 23.0 Å². The molecule has 37 heavy (non-hydrogen) atoms. The molecule has 3 aromatic rings. The minimum absolute atomic E-state index is 0.0373. The number of benzene rings is 3. The van der Waals surface area contributed by atoms with E-state index in [0.717, 1.165) is 6.07 Å². The number of anilines is 1. The fourth-order valence-corrected chi connectivity index (χ4v) is 4.56. The van der Waals surface area contributed by atoms with E-state index in [1.807, 2.05) is 0 Å². The first-order valence-corrected chi connectivity index (χ1v) is 10.9. The van der Waals surface area contributed by atoms with Gasteiger partial charge in [0.25, 0.3) is 0 Å². The number of carbonyl (C=O) groups is 1. The molecular formula is C23H22NO13-. The second-order valence-electron chi connectivity index (χ2n) is 8.42. The Morgan fingerprint density at radius 1 is 1.05 bits per heavy atom. The average molecular weight is 520 g/mol. The molecular weight excluding hydrogens is 498 g/mol. The molecule has 198 valence electrons. The number of methoxy groups -OCH3 is 1. The van der Waals surface area contributed by atoms with E-state index in [1.54, 1.807) is 0 Å². The lowest BCUT2D eigenvalue weighted by Gasteiger charge is -2.39. The van der Waals surface area contributed by atoms with Gasteiger partial charge in [-0.25, -0.2) is 0 Å². The molecule has 1 saturated heterocycles. The largest absolute Gasteiger partial charge is 0.545 e. The van der Waals surface area contributed by atoms with Crippen molar-refractivity contribution in [3.8, 4) is 23.0 Å². The highest BCUT2D eigenvalue weighted by atomic mass is 16.8.